The SMILES string of the molecule is O=C(COc1ccc(F)c(Cl)c1)N1CCC[C@@H](c2ncc(Cc3cccc(Cl)c3)o2)C1. The summed E-state index contributed by atoms with van der Waals surface area (Å²) >= 11 is 11.8. The molecule has 0 bridgehead atoms. The Morgan fingerprint density at radius 1 is 1.26 bits per heavy atom. The minimum Gasteiger partial charge on any atom is -0.484 e. The molecular formula is C23H21Cl2FN2O3. The van der Waals surface area contributed by atoms with Gasteiger partial charge in [-0.05, 0) is 42.7 Å². The molecule has 2 heterocycles. The normalized spacial score (nSPS) is 16.4. The van der Waals surface area contributed by atoms with Gasteiger partial charge in [-0.15, -0.1) is 0 Å². The molecule has 4 rings (SSSR count). The third-order valence-corrected chi connectivity index (χ3v) is 5.74. The van der Waals surface area contributed by atoms with Crippen LogP contribution in [0.2, 0.25) is 10.0 Å². The number of carbonyl (C=O) groups is 1. The first-order chi connectivity index (χ1) is 15.0. The van der Waals surface area contributed by atoms with E-state index < -0.39 is 5.82 Å². The molecule has 8 heteroatoms. The Labute approximate surface area is 189 Å². The summed E-state index contributed by atoms with van der Waals surface area (Å²) in [5.41, 5.74) is 1.05. The van der Waals surface area contributed by atoms with Crippen LogP contribution in [0.25, 0.3) is 0 Å². The predicted octanol–water partition coefficient (Wildman–Crippen LogP) is 5.50. The maximum absolute atomic E-state index is 13.3. The Kier molecular flexibility index (Phi) is 6.78. The lowest BCUT2D eigenvalue weighted by molar-refractivity contribution is -0.134. The molecule has 1 aliphatic rings. The van der Waals surface area contributed by atoms with Crippen LogP contribution in [-0.2, 0) is 11.2 Å². The van der Waals surface area contributed by atoms with Crippen LogP contribution in [0.4, 0.5) is 4.39 Å². The predicted molar refractivity (Wildman–Crippen MR) is 116 cm³/mol. The molecule has 1 atom stereocenters. The molecule has 0 saturated carbocycles. The first kappa shape index (κ1) is 21.7. The van der Waals surface area contributed by atoms with Gasteiger partial charge in [-0.1, -0.05) is 35.3 Å². The average Bonchev–Trinajstić information content (AvgIpc) is 3.23. The summed E-state index contributed by atoms with van der Waals surface area (Å²) < 4.78 is 24.7. The van der Waals surface area contributed by atoms with E-state index in [2.05, 4.69) is 4.98 Å². The van der Waals surface area contributed by atoms with Crippen LogP contribution in [0.5, 0.6) is 5.75 Å². The van der Waals surface area contributed by atoms with Gasteiger partial charge in [-0.2, -0.15) is 0 Å². The zero-order valence-corrected chi connectivity index (χ0v) is 18.2. The quantitative estimate of drug-likeness (QED) is 0.485. The fourth-order valence-corrected chi connectivity index (χ4v) is 4.03. The summed E-state index contributed by atoms with van der Waals surface area (Å²) in [7, 11) is 0. The molecule has 5 nitrogen and oxygen atoms in total. The van der Waals surface area contributed by atoms with Crippen LogP contribution >= 0.6 is 23.2 Å². The van der Waals surface area contributed by atoms with Crippen LogP contribution in [0, 0.1) is 5.82 Å². The Morgan fingerprint density at radius 2 is 2.13 bits per heavy atom. The summed E-state index contributed by atoms with van der Waals surface area (Å²) in [4.78, 5) is 18.8. The number of hydrogen-bond donors (Lipinski definition) is 0. The maximum Gasteiger partial charge on any atom is 0.260 e. The van der Waals surface area contributed by atoms with Gasteiger partial charge < -0.3 is 14.1 Å². The van der Waals surface area contributed by atoms with Gasteiger partial charge in [0.15, 0.2) is 12.5 Å². The topological polar surface area (TPSA) is 55.6 Å². The second-order valence-corrected chi connectivity index (χ2v) is 8.36. The minimum atomic E-state index is -0.528. The van der Waals surface area contributed by atoms with Gasteiger partial charge in [0.1, 0.15) is 17.3 Å². The van der Waals surface area contributed by atoms with Gasteiger partial charge >= 0.3 is 0 Å². The molecule has 31 heavy (non-hydrogen) atoms. The van der Waals surface area contributed by atoms with E-state index in [4.69, 9.17) is 32.4 Å². The molecule has 3 aromatic rings. The molecule has 0 aliphatic carbocycles. The molecule has 0 N–H and O–H groups in total. The second kappa shape index (κ2) is 9.71. The maximum atomic E-state index is 13.3. The van der Waals surface area contributed by atoms with Gasteiger partial charge in [0.2, 0.25) is 0 Å². The molecule has 1 aliphatic heterocycles. The molecule has 2 aromatic carbocycles. The van der Waals surface area contributed by atoms with Gasteiger partial charge in [0.05, 0.1) is 17.1 Å². The number of amides is 1. The Balaban J connectivity index is 1.34. The summed E-state index contributed by atoms with van der Waals surface area (Å²) in [6, 6.07) is 11.6. The van der Waals surface area contributed by atoms with Crippen molar-refractivity contribution in [2.24, 2.45) is 0 Å². The molecule has 1 fully saturated rings. The van der Waals surface area contributed by atoms with Gasteiger partial charge in [-0.3, -0.25) is 4.79 Å². The van der Waals surface area contributed by atoms with Crippen molar-refractivity contribution in [3.05, 3.63) is 81.7 Å². The number of rotatable bonds is 6. The number of halogens is 3. The minimum absolute atomic E-state index is 0.0334. The average molecular weight is 463 g/mol. The summed E-state index contributed by atoms with van der Waals surface area (Å²) in [5.74, 6) is 1.12. The summed E-state index contributed by atoms with van der Waals surface area (Å²) in [6.07, 6.45) is 4.09. The van der Waals surface area contributed by atoms with Crippen molar-refractivity contribution in [2.75, 3.05) is 19.7 Å². The number of ether oxygens (including phenoxy) is 1. The molecule has 0 spiro atoms. The third kappa shape index (κ3) is 5.57. The van der Waals surface area contributed by atoms with Crippen molar-refractivity contribution >= 4 is 29.1 Å². The lowest BCUT2D eigenvalue weighted by atomic mass is 9.98. The van der Waals surface area contributed by atoms with E-state index in [-0.39, 0.29) is 23.5 Å². The highest BCUT2D eigenvalue weighted by Gasteiger charge is 2.28. The first-order valence-electron chi connectivity index (χ1n) is 10.0. The molecule has 1 aromatic heterocycles. The van der Waals surface area contributed by atoms with Gasteiger partial charge in [0, 0.05) is 30.6 Å². The fourth-order valence-electron chi connectivity index (χ4n) is 3.65. The van der Waals surface area contributed by atoms with E-state index in [9.17, 15) is 9.18 Å². The zero-order chi connectivity index (χ0) is 21.8. The number of hydrogen-bond acceptors (Lipinski definition) is 4. The molecular weight excluding hydrogens is 442 g/mol. The van der Waals surface area contributed by atoms with Gasteiger partial charge in [-0.25, -0.2) is 9.37 Å². The van der Waals surface area contributed by atoms with Crippen molar-refractivity contribution in [1.29, 1.82) is 0 Å². The van der Waals surface area contributed by atoms with E-state index in [1.165, 1.54) is 18.2 Å². The van der Waals surface area contributed by atoms with E-state index >= 15 is 0 Å². The highest BCUT2D eigenvalue weighted by molar-refractivity contribution is 6.31. The van der Waals surface area contributed by atoms with E-state index in [0.29, 0.717) is 36.2 Å². The highest BCUT2D eigenvalue weighted by Crippen LogP contribution is 2.28. The Hall–Kier alpha value is -2.57. The first-order valence-corrected chi connectivity index (χ1v) is 10.8. The monoisotopic (exact) mass is 462 g/mol. The lowest BCUT2D eigenvalue weighted by Crippen LogP contribution is -2.41. The van der Waals surface area contributed by atoms with Crippen LogP contribution < -0.4 is 4.74 Å². The van der Waals surface area contributed by atoms with Crippen LogP contribution in [0.3, 0.4) is 0 Å². The smallest absolute Gasteiger partial charge is 0.260 e. The number of likely N-dealkylation sites (tertiary alicyclic amines) is 1. The van der Waals surface area contributed by atoms with Crippen LogP contribution in [0.1, 0.15) is 36.0 Å². The lowest BCUT2D eigenvalue weighted by Gasteiger charge is -2.31. The molecule has 0 unspecified atom stereocenters. The number of carbonyl (C=O) groups excluding carboxylic acids is 1. The second-order valence-electron chi connectivity index (χ2n) is 7.52. The Morgan fingerprint density at radius 3 is 2.94 bits per heavy atom. The van der Waals surface area contributed by atoms with Crippen molar-refractivity contribution in [3.8, 4) is 5.75 Å². The number of benzene rings is 2. The van der Waals surface area contributed by atoms with Crippen LogP contribution in [-0.4, -0.2) is 35.5 Å². The summed E-state index contributed by atoms with van der Waals surface area (Å²) in [5, 5.41) is 0.643. The fraction of sp³-hybridized carbons (Fsp3) is 0.304. The number of piperidine rings is 1. The van der Waals surface area contributed by atoms with Crippen molar-refractivity contribution in [2.45, 2.75) is 25.2 Å². The Bertz CT molecular complexity index is 1070. The molecule has 1 amide bonds. The van der Waals surface area contributed by atoms with Crippen LogP contribution in [0.15, 0.2) is 53.1 Å². The number of nitrogens with zero attached hydrogens (tertiary/aromatic N) is 2. The van der Waals surface area contributed by atoms with E-state index in [1.54, 1.807) is 11.1 Å². The standard InChI is InChI=1S/C23H21Cl2FN2O3/c24-17-5-1-3-15(9-17)10-19-12-27-23(31-19)16-4-2-8-28(13-16)22(29)14-30-18-6-7-21(26)20(25)11-18/h1,3,5-7,9,11-12,16H,2,4,8,10,13-14H2/t16-/m1/s1. The third-order valence-electron chi connectivity index (χ3n) is 5.22. The zero-order valence-electron chi connectivity index (χ0n) is 16.7. The van der Waals surface area contributed by atoms with E-state index in [0.717, 1.165) is 24.2 Å². The largest absolute Gasteiger partial charge is 0.484 e. The van der Waals surface area contributed by atoms with Crippen molar-refractivity contribution < 1.29 is 18.3 Å². The molecule has 162 valence electrons. The molecule has 1 saturated heterocycles. The van der Waals surface area contributed by atoms with Gasteiger partial charge in [0.25, 0.3) is 5.91 Å². The molecule has 0 radical (unpaired) electrons. The van der Waals surface area contributed by atoms with Crippen molar-refractivity contribution in [3.63, 3.8) is 0 Å². The number of aromatic nitrogens is 1. The highest BCUT2D eigenvalue weighted by atomic mass is 35.5. The van der Waals surface area contributed by atoms with E-state index in [1.807, 2.05) is 24.3 Å². The number of oxazole rings is 1. The van der Waals surface area contributed by atoms with Crippen molar-refractivity contribution in [1.82, 2.24) is 9.88 Å². The summed E-state index contributed by atoms with van der Waals surface area (Å²) in [6.45, 7) is 1.03.